The van der Waals surface area contributed by atoms with Crippen LogP contribution in [0.15, 0.2) is 42.7 Å². The minimum Gasteiger partial charge on any atom is -0.497 e. The number of ether oxygens (including phenoxy) is 1. The normalized spacial score (nSPS) is 9.94. The minimum absolute atomic E-state index is 0.118. The summed E-state index contributed by atoms with van der Waals surface area (Å²) in [7, 11) is 1.55. The largest absolute Gasteiger partial charge is 0.497 e. The molecule has 0 spiro atoms. The van der Waals surface area contributed by atoms with E-state index in [1.165, 1.54) is 0 Å². The van der Waals surface area contributed by atoms with Crippen LogP contribution in [0.25, 0.3) is 0 Å². The van der Waals surface area contributed by atoms with Crippen molar-refractivity contribution in [1.29, 1.82) is 0 Å². The Hall–Kier alpha value is -2.36. The van der Waals surface area contributed by atoms with Crippen molar-refractivity contribution in [3.63, 3.8) is 0 Å². The van der Waals surface area contributed by atoms with Crippen LogP contribution < -0.4 is 10.5 Å². The second-order valence-electron chi connectivity index (χ2n) is 3.52. The van der Waals surface area contributed by atoms with Crippen molar-refractivity contribution in [2.75, 3.05) is 12.8 Å². The van der Waals surface area contributed by atoms with E-state index >= 15 is 0 Å². The molecule has 0 saturated carbocycles. The maximum Gasteiger partial charge on any atom is 0.195 e. The van der Waals surface area contributed by atoms with Crippen molar-refractivity contribution in [1.82, 2.24) is 4.98 Å². The number of carbonyl (C=O) groups is 1. The molecule has 0 aliphatic rings. The van der Waals surface area contributed by atoms with Gasteiger partial charge in [0.05, 0.1) is 7.11 Å². The number of ketones is 1. The van der Waals surface area contributed by atoms with Gasteiger partial charge in [-0.15, -0.1) is 0 Å². The van der Waals surface area contributed by atoms with Crippen molar-refractivity contribution in [2.24, 2.45) is 0 Å². The van der Waals surface area contributed by atoms with Crippen LogP contribution in [0.3, 0.4) is 0 Å². The number of pyridine rings is 1. The summed E-state index contributed by atoms with van der Waals surface area (Å²) in [6, 6.07) is 8.33. The zero-order chi connectivity index (χ0) is 12.3. The van der Waals surface area contributed by atoms with Gasteiger partial charge in [-0.1, -0.05) is 0 Å². The average molecular weight is 228 g/mol. The van der Waals surface area contributed by atoms with Crippen LogP contribution in [0.5, 0.6) is 5.75 Å². The number of benzene rings is 1. The molecule has 1 aromatic carbocycles. The van der Waals surface area contributed by atoms with Gasteiger partial charge >= 0.3 is 0 Å². The van der Waals surface area contributed by atoms with Crippen molar-refractivity contribution >= 4 is 11.5 Å². The van der Waals surface area contributed by atoms with Gasteiger partial charge in [0, 0.05) is 35.3 Å². The summed E-state index contributed by atoms with van der Waals surface area (Å²) in [6.45, 7) is 0. The highest BCUT2D eigenvalue weighted by atomic mass is 16.5. The summed E-state index contributed by atoms with van der Waals surface area (Å²) in [6.07, 6.45) is 3.15. The highest BCUT2D eigenvalue weighted by Crippen LogP contribution is 2.21. The minimum atomic E-state index is -0.118. The number of methoxy groups -OCH3 is 1. The molecule has 0 amide bonds. The van der Waals surface area contributed by atoms with Crippen LogP contribution in [0.2, 0.25) is 0 Å². The molecule has 0 unspecified atom stereocenters. The number of hydrogen-bond donors (Lipinski definition) is 1. The van der Waals surface area contributed by atoms with Gasteiger partial charge in [0.1, 0.15) is 5.75 Å². The van der Waals surface area contributed by atoms with Gasteiger partial charge in [-0.2, -0.15) is 0 Å². The van der Waals surface area contributed by atoms with E-state index in [-0.39, 0.29) is 5.78 Å². The third kappa shape index (κ3) is 2.25. The van der Waals surface area contributed by atoms with E-state index in [4.69, 9.17) is 10.5 Å². The molecule has 0 bridgehead atoms. The summed E-state index contributed by atoms with van der Waals surface area (Å²) in [5.41, 5.74) is 7.26. The number of hydrogen-bond acceptors (Lipinski definition) is 4. The second kappa shape index (κ2) is 4.65. The SMILES string of the molecule is COc1ccc(C(=O)c2ccncc2)c(N)c1. The first-order chi connectivity index (χ1) is 8.22. The van der Waals surface area contributed by atoms with Crippen LogP contribution in [0, 0.1) is 0 Å². The van der Waals surface area contributed by atoms with Crippen LogP contribution in [-0.2, 0) is 0 Å². The quantitative estimate of drug-likeness (QED) is 0.643. The van der Waals surface area contributed by atoms with Crippen LogP contribution in [0.1, 0.15) is 15.9 Å². The molecular weight excluding hydrogens is 216 g/mol. The summed E-state index contributed by atoms with van der Waals surface area (Å²) in [5, 5.41) is 0. The Morgan fingerprint density at radius 3 is 2.53 bits per heavy atom. The van der Waals surface area contributed by atoms with E-state index in [0.29, 0.717) is 22.6 Å². The molecule has 86 valence electrons. The molecular formula is C13H12N2O2. The first kappa shape index (κ1) is 11.1. The van der Waals surface area contributed by atoms with Gasteiger partial charge in [0.15, 0.2) is 5.78 Å². The smallest absolute Gasteiger partial charge is 0.195 e. The predicted molar refractivity (Wildman–Crippen MR) is 65.1 cm³/mol. The molecule has 0 radical (unpaired) electrons. The van der Waals surface area contributed by atoms with Gasteiger partial charge in [-0.3, -0.25) is 9.78 Å². The van der Waals surface area contributed by atoms with E-state index in [1.54, 1.807) is 49.8 Å². The topological polar surface area (TPSA) is 65.2 Å². The molecule has 0 saturated heterocycles. The first-order valence-corrected chi connectivity index (χ1v) is 5.10. The molecule has 0 aliphatic carbocycles. The van der Waals surface area contributed by atoms with Crippen LogP contribution in [0.4, 0.5) is 5.69 Å². The predicted octanol–water partition coefficient (Wildman–Crippen LogP) is 1.90. The van der Waals surface area contributed by atoms with E-state index in [1.807, 2.05) is 0 Å². The number of rotatable bonds is 3. The van der Waals surface area contributed by atoms with E-state index in [2.05, 4.69) is 4.98 Å². The summed E-state index contributed by atoms with van der Waals surface area (Å²) < 4.78 is 5.03. The third-order valence-corrected chi connectivity index (χ3v) is 2.45. The molecule has 4 heteroatoms. The first-order valence-electron chi connectivity index (χ1n) is 5.10. The molecule has 4 nitrogen and oxygen atoms in total. The number of anilines is 1. The van der Waals surface area contributed by atoms with Gasteiger partial charge < -0.3 is 10.5 Å². The van der Waals surface area contributed by atoms with Crippen molar-refractivity contribution in [3.8, 4) is 5.75 Å². The number of nitrogens with zero attached hydrogens (tertiary/aromatic N) is 1. The molecule has 17 heavy (non-hydrogen) atoms. The average Bonchev–Trinajstić information content (AvgIpc) is 2.39. The Balaban J connectivity index is 2.38. The number of nitrogen functional groups attached to an aromatic ring is 1. The Morgan fingerprint density at radius 2 is 1.94 bits per heavy atom. The maximum absolute atomic E-state index is 12.1. The Morgan fingerprint density at radius 1 is 1.24 bits per heavy atom. The standard InChI is InChI=1S/C13H12N2O2/c1-17-10-2-3-11(12(14)8-10)13(16)9-4-6-15-7-5-9/h2-8H,14H2,1H3. The Bertz CT molecular complexity index is 538. The highest BCUT2D eigenvalue weighted by Gasteiger charge is 2.12. The van der Waals surface area contributed by atoms with Crippen molar-refractivity contribution in [2.45, 2.75) is 0 Å². The fourth-order valence-corrected chi connectivity index (χ4v) is 1.53. The zero-order valence-electron chi connectivity index (χ0n) is 9.38. The highest BCUT2D eigenvalue weighted by molar-refractivity contribution is 6.12. The summed E-state index contributed by atoms with van der Waals surface area (Å²) in [5.74, 6) is 0.515. The Labute approximate surface area is 99.1 Å². The molecule has 2 aromatic rings. The lowest BCUT2D eigenvalue weighted by atomic mass is 10.0. The summed E-state index contributed by atoms with van der Waals surface area (Å²) in [4.78, 5) is 16.0. The second-order valence-corrected chi connectivity index (χ2v) is 3.52. The lowest BCUT2D eigenvalue weighted by molar-refractivity contribution is 0.103. The number of aromatic nitrogens is 1. The van der Waals surface area contributed by atoms with Gasteiger partial charge in [0.25, 0.3) is 0 Å². The van der Waals surface area contributed by atoms with Crippen LogP contribution in [-0.4, -0.2) is 17.9 Å². The number of carbonyl (C=O) groups excluding carboxylic acids is 1. The molecule has 1 aromatic heterocycles. The Kier molecular flexibility index (Phi) is 3.05. The summed E-state index contributed by atoms with van der Waals surface area (Å²) >= 11 is 0. The number of nitrogens with two attached hydrogens (primary N) is 1. The van der Waals surface area contributed by atoms with Crippen molar-refractivity contribution < 1.29 is 9.53 Å². The molecule has 0 atom stereocenters. The molecule has 2 rings (SSSR count). The third-order valence-electron chi connectivity index (χ3n) is 2.45. The fourth-order valence-electron chi connectivity index (χ4n) is 1.53. The van der Waals surface area contributed by atoms with Gasteiger partial charge in [-0.25, -0.2) is 0 Å². The van der Waals surface area contributed by atoms with E-state index in [0.717, 1.165) is 0 Å². The molecule has 2 N–H and O–H groups in total. The lowest BCUT2D eigenvalue weighted by Gasteiger charge is -2.06. The molecule has 0 aliphatic heterocycles. The van der Waals surface area contributed by atoms with Gasteiger partial charge in [0.2, 0.25) is 0 Å². The molecule has 1 heterocycles. The lowest BCUT2D eigenvalue weighted by Crippen LogP contribution is -2.05. The zero-order valence-corrected chi connectivity index (χ0v) is 9.38. The maximum atomic E-state index is 12.1. The van der Waals surface area contributed by atoms with E-state index < -0.39 is 0 Å². The monoisotopic (exact) mass is 228 g/mol. The molecule has 0 fully saturated rings. The van der Waals surface area contributed by atoms with Gasteiger partial charge in [-0.05, 0) is 24.3 Å². The van der Waals surface area contributed by atoms with Crippen molar-refractivity contribution in [3.05, 3.63) is 53.9 Å². The van der Waals surface area contributed by atoms with E-state index in [9.17, 15) is 4.79 Å². The fraction of sp³-hybridized carbons (Fsp3) is 0.0769. The van der Waals surface area contributed by atoms with Crippen LogP contribution >= 0.6 is 0 Å².